The second kappa shape index (κ2) is 9.06. The van der Waals surface area contributed by atoms with Gasteiger partial charge < -0.3 is 10.4 Å². The Hall–Kier alpha value is -3.58. The minimum Gasteiger partial charge on any atom is -0.502 e. The summed E-state index contributed by atoms with van der Waals surface area (Å²) in [6.07, 6.45) is 3.61. The summed E-state index contributed by atoms with van der Waals surface area (Å²) in [5, 5.41) is 25.8. The fourth-order valence-corrected chi connectivity index (χ4v) is 3.62. The van der Waals surface area contributed by atoms with Gasteiger partial charge in [0.05, 0.1) is 4.92 Å². The molecule has 31 heavy (non-hydrogen) atoms. The summed E-state index contributed by atoms with van der Waals surface area (Å²) in [6.45, 7) is 7.58. The smallest absolute Gasteiger partial charge is 0.288 e. The molecular formula is C24H24N3O3S+. The maximum atomic E-state index is 11.4. The van der Waals surface area contributed by atoms with Gasteiger partial charge in [-0.15, -0.1) is 0 Å². The molecule has 0 fully saturated rings. The Balaban J connectivity index is 2.15. The highest BCUT2D eigenvalue weighted by atomic mass is 32.1. The molecule has 158 valence electrons. The number of anilines is 1. The van der Waals surface area contributed by atoms with Gasteiger partial charge in [-0.2, -0.15) is 4.57 Å². The van der Waals surface area contributed by atoms with Gasteiger partial charge >= 0.3 is 0 Å². The van der Waals surface area contributed by atoms with Gasteiger partial charge in [0, 0.05) is 34.5 Å². The molecule has 3 aromatic rings. The molecule has 0 aliphatic rings. The topological polar surface area (TPSA) is 79.3 Å². The van der Waals surface area contributed by atoms with Crippen molar-refractivity contribution in [2.24, 2.45) is 0 Å². The van der Waals surface area contributed by atoms with Crippen molar-refractivity contribution in [2.45, 2.75) is 27.7 Å². The van der Waals surface area contributed by atoms with Crippen LogP contribution in [0.1, 0.15) is 27.8 Å². The second-order valence-corrected chi connectivity index (χ2v) is 7.92. The first-order chi connectivity index (χ1) is 14.7. The number of nitro groups is 1. The van der Waals surface area contributed by atoms with Crippen LogP contribution in [0.2, 0.25) is 0 Å². The highest BCUT2D eigenvalue weighted by molar-refractivity contribution is 7.81. The van der Waals surface area contributed by atoms with E-state index in [-0.39, 0.29) is 11.4 Å². The third-order valence-electron chi connectivity index (χ3n) is 4.96. The summed E-state index contributed by atoms with van der Waals surface area (Å²) in [7, 11) is 0. The average molecular weight is 435 g/mol. The third-order valence-corrected chi connectivity index (χ3v) is 5.25. The maximum absolute atomic E-state index is 11.4. The number of hydrogen-bond acceptors (Lipinski definition) is 4. The van der Waals surface area contributed by atoms with E-state index in [4.69, 9.17) is 12.2 Å². The van der Waals surface area contributed by atoms with Crippen molar-refractivity contribution in [3.63, 3.8) is 0 Å². The van der Waals surface area contributed by atoms with Crippen LogP contribution >= 0.6 is 12.2 Å². The van der Waals surface area contributed by atoms with Gasteiger partial charge in [-0.1, -0.05) is 42.0 Å². The van der Waals surface area contributed by atoms with Gasteiger partial charge in [-0.05, 0) is 45.4 Å². The minimum absolute atomic E-state index is 0.0640. The van der Waals surface area contributed by atoms with Crippen LogP contribution in [0.3, 0.4) is 0 Å². The normalized spacial score (nSPS) is 11.6. The van der Waals surface area contributed by atoms with Gasteiger partial charge in [0.2, 0.25) is 0 Å². The van der Waals surface area contributed by atoms with E-state index in [1.807, 2.05) is 57.3 Å². The number of pyridine rings is 1. The van der Waals surface area contributed by atoms with Gasteiger partial charge in [0.15, 0.2) is 23.1 Å². The summed E-state index contributed by atoms with van der Waals surface area (Å²) in [4.78, 5) is 11.2. The van der Waals surface area contributed by atoms with Crippen molar-refractivity contribution < 1.29 is 14.6 Å². The van der Waals surface area contributed by atoms with Crippen LogP contribution in [0.5, 0.6) is 0 Å². The van der Waals surface area contributed by atoms with Crippen LogP contribution in [0.25, 0.3) is 11.5 Å². The summed E-state index contributed by atoms with van der Waals surface area (Å²) in [5.74, 6) is -0.152. The molecule has 0 saturated carbocycles. The molecule has 7 heteroatoms. The number of nitrogens with zero attached hydrogens (tertiary/aromatic N) is 2. The van der Waals surface area contributed by atoms with E-state index in [1.165, 1.54) is 6.07 Å². The van der Waals surface area contributed by atoms with Crippen LogP contribution in [0.4, 0.5) is 11.4 Å². The van der Waals surface area contributed by atoms with E-state index in [9.17, 15) is 15.2 Å². The van der Waals surface area contributed by atoms with E-state index >= 15 is 0 Å². The van der Waals surface area contributed by atoms with Gasteiger partial charge in [0.1, 0.15) is 0 Å². The fraction of sp³-hybridized carbons (Fsp3) is 0.167. The first-order valence-corrected chi connectivity index (χ1v) is 10.1. The number of rotatable bonds is 5. The Labute approximate surface area is 186 Å². The molecule has 0 aliphatic carbocycles. The van der Waals surface area contributed by atoms with Crippen molar-refractivity contribution >= 4 is 40.0 Å². The zero-order valence-corrected chi connectivity index (χ0v) is 18.7. The minimum atomic E-state index is -0.460. The lowest BCUT2D eigenvalue weighted by Gasteiger charge is -2.13. The van der Waals surface area contributed by atoms with Crippen LogP contribution < -0.4 is 9.88 Å². The van der Waals surface area contributed by atoms with Crippen LogP contribution in [0.15, 0.2) is 60.9 Å². The first kappa shape index (κ1) is 22.1. The lowest BCUT2D eigenvalue weighted by Crippen LogP contribution is -2.38. The van der Waals surface area contributed by atoms with E-state index in [1.54, 1.807) is 29.8 Å². The molecule has 3 rings (SSSR count). The summed E-state index contributed by atoms with van der Waals surface area (Å²) < 4.78 is 1.72. The maximum Gasteiger partial charge on any atom is 0.288 e. The molecule has 0 spiro atoms. The van der Waals surface area contributed by atoms with Crippen molar-refractivity contribution in [1.29, 1.82) is 0 Å². The summed E-state index contributed by atoms with van der Waals surface area (Å²) in [6, 6.07) is 14.4. The number of thiocarbonyl (C=S) groups is 1. The second-order valence-electron chi connectivity index (χ2n) is 7.52. The molecule has 0 saturated heterocycles. The van der Waals surface area contributed by atoms with E-state index in [2.05, 4.69) is 5.32 Å². The summed E-state index contributed by atoms with van der Waals surface area (Å²) in [5.41, 5.74) is 5.03. The molecule has 0 bridgehead atoms. The predicted molar refractivity (Wildman–Crippen MR) is 127 cm³/mol. The lowest BCUT2D eigenvalue weighted by atomic mass is 10.1. The standard InChI is InChI=1S/C24H23N3O3S/c1-15-7-10-20(18(4)12-15)25-24(31)22(26-11-5-6-16(2)14-26)23(28)19-9-8-17(3)21(13-19)27(29)30/h5-14H,1-4H3,(H-,25,28,31)/p+1. The fourth-order valence-electron chi connectivity index (χ4n) is 3.30. The molecular weight excluding hydrogens is 410 g/mol. The highest BCUT2D eigenvalue weighted by Crippen LogP contribution is 2.26. The van der Waals surface area contributed by atoms with E-state index in [0.717, 1.165) is 22.4 Å². The van der Waals surface area contributed by atoms with Gasteiger partial charge in [-0.3, -0.25) is 10.1 Å². The number of aliphatic hydroxyl groups excluding tert-OH is 1. The molecule has 0 unspecified atom stereocenters. The quantitative estimate of drug-likeness (QED) is 0.140. The SMILES string of the molecule is Cc1ccc(NC(=S)/C(=C(\O)c2ccc(C)c([N+](=O)[O-])c2)[n+]2cccc(C)c2)c(C)c1. The van der Waals surface area contributed by atoms with Crippen molar-refractivity contribution in [3.8, 4) is 0 Å². The number of aliphatic hydroxyl groups is 1. The molecule has 1 heterocycles. The first-order valence-electron chi connectivity index (χ1n) is 9.73. The molecule has 2 N–H and O–H groups in total. The number of nitro benzene ring substituents is 1. The Morgan fingerprint density at radius 2 is 1.77 bits per heavy atom. The number of nitrogens with one attached hydrogen (secondary N) is 1. The largest absolute Gasteiger partial charge is 0.502 e. The van der Waals surface area contributed by atoms with Crippen molar-refractivity contribution in [1.82, 2.24) is 0 Å². The third kappa shape index (κ3) is 4.95. The average Bonchev–Trinajstić information content (AvgIpc) is 2.70. The van der Waals surface area contributed by atoms with E-state index < -0.39 is 4.92 Å². The van der Waals surface area contributed by atoms with Crippen LogP contribution in [-0.2, 0) is 0 Å². The predicted octanol–water partition coefficient (Wildman–Crippen LogP) is 5.44. The van der Waals surface area contributed by atoms with Gasteiger partial charge in [-0.25, -0.2) is 0 Å². The Morgan fingerprint density at radius 1 is 1.03 bits per heavy atom. The Kier molecular flexibility index (Phi) is 6.46. The monoisotopic (exact) mass is 434 g/mol. The molecule has 0 amide bonds. The number of aryl methyl sites for hydroxylation is 4. The number of benzene rings is 2. The van der Waals surface area contributed by atoms with Crippen LogP contribution in [0, 0.1) is 37.8 Å². The summed E-state index contributed by atoms with van der Waals surface area (Å²) >= 11 is 5.68. The number of aromatic nitrogens is 1. The number of hydrogen-bond donors (Lipinski definition) is 2. The molecule has 0 radical (unpaired) electrons. The molecule has 1 aromatic heterocycles. The zero-order chi connectivity index (χ0) is 22.7. The molecule has 6 nitrogen and oxygen atoms in total. The van der Waals surface area contributed by atoms with Crippen molar-refractivity contribution in [3.05, 3.63) is 98.9 Å². The Bertz CT molecular complexity index is 1220. The van der Waals surface area contributed by atoms with Gasteiger partial charge in [0.25, 0.3) is 11.4 Å². The molecule has 0 aliphatic heterocycles. The molecule has 0 atom stereocenters. The molecule has 2 aromatic carbocycles. The van der Waals surface area contributed by atoms with E-state index in [0.29, 0.717) is 21.8 Å². The highest BCUT2D eigenvalue weighted by Gasteiger charge is 2.26. The van der Waals surface area contributed by atoms with Crippen LogP contribution in [-0.4, -0.2) is 15.0 Å². The zero-order valence-electron chi connectivity index (χ0n) is 17.8. The van der Waals surface area contributed by atoms with Crippen molar-refractivity contribution in [2.75, 3.05) is 5.32 Å². The Morgan fingerprint density at radius 3 is 2.42 bits per heavy atom. The lowest BCUT2D eigenvalue weighted by molar-refractivity contribution is -0.576.